The molecule has 2 heterocycles. The number of halogens is 1. The van der Waals surface area contributed by atoms with Crippen molar-refractivity contribution in [3.8, 4) is 0 Å². The van der Waals surface area contributed by atoms with Gasteiger partial charge in [-0.3, -0.25) is 0 Å². The fraction of sp³-hybridized carbons (Fsp3) is 0.455. The number of rotatable bonds is 3. The second kappa shape index (κ2) is 4.89. The van der Waals surface area contributed by atoms with Crippen LogP contribution in [0.15, 0.2) is 6.33 Å². The molecule has 0 spiro atoms. The highest BCUT2D eigenvalue weighted by Crippen LogP contribution is 2.22. The lowest BCUT2D eigenvalue weighted by atomic mass is 10.3. The Hall–Kier alpha value is -1.69. The van der Waals surface area contributed by atoms with Gasteiger partial charge in [0.25, 0.3) is 0 Å². The van der Waals surface area contributed by atoms with Gasteiger partial charge in [-0.1, -0.05) is 11.6 Å². The largest absolute Gasteiger partial charge is 0.358 e. The third kappa shape index (κ3) is 2.43. The quantitative estimate of drug-likeness (QED) is 0.921. The third-order valence-corrected chi connectivity index (χ3v) is 3.01. The van der Waals surface area contributed by atoms with Crippen LogP contribution in [0.5, 0.6) is 0 Å². The van der Waals surface area contributed by atoms with Gasteiger partial charge in [-0.2, -0.15) is 0 Å². The summed E-state index contributed by atoms with van der Waals surface area (Å²) in [5.41, 5.74) is 1.68. The van der Waals surface area contributed by atoms with Crippen LogP contribution in [0.2, 0.25) is 5.15 Å². The van der Waals surface area contributed by atoms with Gasteiger partial charge in [0.2, 0.25) is 0 Å². The molecule has 7 heteroatoms. The lowest BCUT2D eigenvalue weighted by Gasteiger charge is -2.15. The van der Waals surface area contributed by atoms with Crippen LogP contribution in [0.3, 0.4) is 0 Å². The van der Waals surface area contributed by atoms with Crippen molar-refractivity contribution in [1.29, 1.82) is 0 Å². The van der Waals surface area contributed by atoms with Gasteiger partial charge < -0.3 is 9.88 Å². The van der Waals surface area contributed by atoms with Crippen LogP contribution in [0.1, 0.15) is 30.2 Å². The monoisotopic (exact) mass is 266 g/mol. The van der Waals surface area contributed by atoms with Crippen LogP contribution >= 0.6 is 11.6 Å². The summed E-state index contributed by atoms with van der Waals surface area (Å²) in [7, 11) is 1.89. The minimum atomic E-state index is -0.0496. The van der Waals surface area contributed by atoms with Crippen molar-refractivity contribution in [3.05, 3.63) is 28.7 Å². The van der Waals surface area contributed by atoms with E-state index in [4.69, 9.17) is 11.6 Å². The first-order valence-corrected chi connectivity index (χ1v) is 5.98. The molecule has 0 aliphatic rings. The zero-order chi connectivity index (χ0) is 13.3. The fourth-order valence-corrected chi connectivity index (χ4v) is 1.85. The molecule has 0 amide bonds. The van der Waals surface area contributed by atoms with Crippen molar-refractivity contribution in [2.75, 3.05) is 5.32 Å². The van der Waals surface area contributed by atoms with Crippen LogP contribution in [0.25, 0.3) is 0 Å². The Balaban J connectivity index is 2.24. The molecular formula is C11H15ClN6. The second-order valence-electron chi connectivity index (χ2n) is 4.20. The van der Waals surface area contributed by atoms with Gasteiger partial charge >= 0.3 is 0 Å². The molecule has 2 aromatic heterocycles. The smallest absolute Gasteiger partial charge is 0.171 e. The molecule has 1 unspecified atom stereocenters. The minimum Gasteiger partial charge on any atom is -0.358 e. The highest BCUT2D eigenvalue weighted by Gasteiger charge is 2.14. The summed E-state index contributed by atoms with van der Waals surface area (Å²) in [6.07, 6.45) is 1.65. The highest BCUT2D eigenvalue weighted by atomic mass is 35.5. The molecule has 6 nitrogen and oxygen atoms in total. The van der Waals surface area contributed by atoms with Crippen molar-refractivity contribution in [1.82, 2.24) is 24.7 Å². The van der Waals surface area contributed by atoms with Gasteiger partial charge in [0, 0.05) is 7.05 Å². The van der Waals surface area contributed by atoms with E-state index in [-0.39, 0.29) is 6.04 Å². The maximum atomic E-state index is 6.07. The maximum absolute atomic E-state index is 6.07. The summed E-state index contributed by atoms with van der Waals surface area (Å²) in [4.78, 5) is 8.62. The molecule has 0 saturated heterocycles. The normalized spacial score (nSPS) is 12.5. The van der Waals surface area contributed by atoms with Crippen LogP contribution < -0.4 is 5.32 Å². The predicted molar refractivity (Wildman–Crippen MR) is 69.6 cm³/mol. The molecule has 0 aliphatic carbocycles. The molecule has 0 bridgehead atoms. The molecule has 0 radical (unpaired) electrons. The van der Waals surface area contributed by atoms with Gasteiger partial charge in [-0.25, -0.2) is 9.97 Å². The van der Waals surface area contributed by atoms with Crippen LogP contribution in [-0.2, 0) is 7.05 Å². The summed E-state index contributed by atoms with van der Waals surface area (Å²) in [5, 5.41) is 11.4. The lowest BCUT2D eigenvalue weighted by Crippen LogP contribution is -2.14. The van der Waals surface area contributed by atoms with E-state index in [0.29, 0.717) is 11.0 Å². The lowest BCUT2D eigenvalue weighted by molar-refractivity contribution is 0.715. The molecule has 0 saturated carbocycles. The van der Waals surface area contributed by atoms with Crippen LogP contribution in [-0.4, -0.2) is 24.7 Å². The zero-order valence-electron chi connectivity index (χ0n) is 10.8. The highest BCUT2D eigenvalue weighted by molar-refractivity contribution is 6.31. The molecular weight excluding hydrogens is 252 g/mol. The minimum absolute atomic E-state index is 0.0496. The second-order valence-corrected chi connectivity index (χ2v) is 4.56. The summed E-state index contributed by atoms with van der Waals surface area (Å²) < 4.78 is 1.85. The van der Waals surface area contributed by atoms with Crippen molar-refractivity contribution < 1.29 is 0 Å². The van der Waals surface area contributed by atoms with E-state index in [1.54, 1.807) is 6.33 Å². The number of aryl methyl sites for hydroxylation is 3. The maximum Gasteiger partial charge on any atom is 0.171 e. The topological polar surface area (TPSA) is 68.5 Å². The number of aromatic nitrogens is 5. The Morgan fingerprint density at radius 3 is 2.56 bits per heavy atom. The first kappa shape index (κ1) is 12.8. The van der Waals surface area contributed by atoms with Gasteiger partial charge in [-0.05, 0) is 20.8 Å². The van der Waals surface area contributed by atoms with Crippen LogP contribution in [0, 0.1) is 13.8 Å². The fourth-order valence-electron chi connectivity index (χ4n) is 1.62. The first-order chi connectivity index (χ1) is 8.49. The average Bonchev–Trinajstić information content (AvgIpc) is 2.72. The molecule has 0 fully saturated rings. The SMILES string of the molecule is Cc1nc(Cl)c(NC(C)c2nncn2C)nc1C. The van der Waals surface area contributed by atoms with Crippen molar-refractivity contribution >= 4 is 17.4 Å². The van der Waals surface area contributed by atoms with Crippen molar-refractivity contribution in [3.63, 3.8) is 0 Å². The molecule has 0 aromatic carbocycles. The predicted octanol–water partition coefficient (Wildman–Crippen LogP) is 2.05. The van der Waals surface area contributed by atoms with E-state index in [2.05, 4.69) is 25.5 Å². The van der Waals surface area contributed by atoms with E-state index in [9.17, 15) is 0 Å². The van der Waals surface area contributed by atoms with Gasteiger partial charge in [0.15, 0.2) is 16.8 Å². The van der Waals surface area contributed by atoms with Crippen molar-refractivity contribution in [2.45, 2.75) is 26.8 Å². The molecule has 2 rings (SSSR count). The zero-order valence-corrected chi connectivity index (χ0v) is 11.5. The van der Waals surface area contributed by atoms with Crippen molar-refractivity contribution in [2.24, 2.45) is 7.05 Å². The first-order valence-electron chi connectivity index (χ1n) is 5.60. The van der Waals surface area contributed by atoms with E-state index in [1.807, 2.05) is 32.4 Å². The summed E-state index contributed by atoms with van der Waals surface area (Å²) in [6.45, 7) is 5.75. The van der Waals surface area contributed by atoms with E-state index < -0.39 is 0 Å². The summed E-state index contributed by atoms with van der Waals surface area (Å²) in [5.74, 6) is 1.38. The molecule has 1 N–H and O–H groups in total. The molecule has 1 atom stereocenters. The number of nitrogens with one attached hydrogen (secondary N) is 1. The third-order valence-electron chi connectivity index (χ3n) is 2.75. The van der Waals surface area contributed by atoms with E-state index >= 15 is 0 Å². The Morgan fingerprint density at radius 1 is 1.28 bits per heavy atom. The number of nitrogens with zero attached hydrogens (tertiary/aromatic N) is 5. The Kier molecular flexibility index (Phi) is 3.47. The molecule has 18 heavy (non-hydrogen) atoms. The Bertz CT molecular complexity index is 565. The van der Waals surface area contributed by atoms with E-state index in [1.165, 1.54) is 0 Å². The number of anilines is 1. The Labute approximate surface area is 110 Å². The number of hydrogen-bond donors (Lipinski definition) is 1. The number of hydrogen-bond acceptors (Lipinski definition) is 5. The standard InChI is InChI=1S/C11H15ClN6/c1-6-7(2)15-10(9(12)14-6)16-8(3)11-17-13-5-18(11)4/h5,8H,1-4H3,(H,15,16). The summed E-state index contributed by atoms with van der Waals surface area (Å²) in [6, 6.07) is -0.0496. The molecule has 2 aromatic rings. The van der Waals surface area contributed by atoms with Gasteiger partial charge in [0.1, 0.15) is 6.33 Å². The van der Waals surface area contributed by atoms with Gasteiger partial charge in [-0.15, -0.1) is 10.2 Å². The summed E-state index contributed by atoms with van der Waals surface area (Å²) >= 11 is 6.07. The molecule has 0 aliphatic heterocycles. The van der Waals surface area contributed by atoms with E-state index in [0.717, 1.165) is 17.2 Å². The molecule has 96 valence electrons. The van der Waals surface area contributed by atoms with Gasteiger partial charge in [0.05, 0.1) is 17.4 Å². The van der Waals surface area contributed by atoms with Crippen LogP contribution in [0.4, 0.5) is 5.82 Å². The Morgan fingerprint density at radius 2 is 1.94 bits per heavy atom. The average molecular weight is 267 g/mol.